The van der Waals surface area contributed by atoms with Gasteiger partial charge in [-0.1, -0.05) is 67.4 Å². The second-order valence-electron chi connectivity index (χ2n) is 7.78. The number of hydrogen-bond acceptors (Lipinski definition) is 2. The Labute approximate surface area is 153 Å². The summed E-state index contributed by atoms with van der Waals surface area (Å²) in [6.45, 7) is 13.4. The molecule has 1 aliphatic heterocycles. The van der Waals surface area contributed by atoms with E-state index < -0.39 is 0 Å². The second-order valence-corrected chi connectivity index (χ2v) is 7.78. The SMILES string of the molecule is Cc1cc(C)cc(C(c2ccc(C(C)C)cc2)N2CCCNCC2)c1. The van der Waals surface area contributed by atoms with Gasteiger partial charge in [0.25, 0.3) is 0 Å². The van der Waals surface area contributed by atoms with Gasteiger partial charge in [0.2, 0.25) is 0 Å². The van der Waals surface area contributed by atoms with Gasteiger partial charge in [-0.15, -0.1) is 0 Å². The molecule has 2 nitrogen and oxygen atoms in total. The van der Waals surface area contributed by atoms with Crippen molar-refractivity contribution in [3.63, 3.8) is 0 Å². The van der Waals surface area contributed by atoms with Crippen LogP contribution in [-0.4, -0.2) is 31.1 Å². The summed E-state index contributed by atoms with van der Waals surface area (Å²) < 4.78 is 0. The van der Waals surface area contributed by atoms with Crippen molar-refractivity contribution in [2.75, 3.05) is 26.2 Å². The molecule has 2 aromatic rings. The second kappa shape index (κ2) is 8.16. The Morgan fingerprint density at radius 1 is 0.800 bits per heavy atom. The minimum Gasteiger partial charge on any atom is -0.315 e. The van der Waals surface area contributed by atoms with Gasteiger partial charge in [-0.2, -0.15) is 0 Å². The number of nitrogens with zero attached hydrogens (tertiary/aromatic N) is 1. The van der Waals surface area contributed by atoms with E-state index in [2.05, 4.69) is 80.4 Å². The van der Waals surface area contributed by atoms with Crippen LogP contribution < -0.4 is 5.32 Å². The predicted octanol–water partition coefficient (Wildman–Crippen LogP) is 4.81. The molecule has 2 aromatic carbocycles. The number of hydrogen-bond donors (Lipinski definition) is 1. The summed E-state index contributed by atoms with van der Waals surface area (Å²) in [5.41, 5.74) is 6.96. The first-order chi connectivity index (χ1) is 12.0. The van der Waals surface area contributed by atoms with Gasteiger partial charge in [0.1, 0.15) is 0 Å². The average Bonchev–Trinajstić information content (AvgIpc) is 2.84. The molecule has 0 radical (unpaired) electrons. The lowest BCUT2D eigenvalue weighted by Gasteiger charge is -2.32. The third-order valence-electron chi connectivity index (χ3n) is 5.22. The van der Waals surface area contributed by atoms with E-state index in [0.29, 0.717) is 12.0 Å². The summed E-state index contributed by atoms with van der Waals surface area (Å²) in [5.74, 6) is 0.580. The average molecular weight is 337 g/mol. The Balaban J connectivity index is 2.01. The highest BCUT2D eigenvalue weighted by molar-refractivity contribution is 5.38. The maximum absolute atomic E-state index is 3.54. The molecule has 0 aliphatic carbocycles. The summed E-state index contributed by atoms with van der Waals surface area (Å²) in [6.07, 6.45) is 1.21. The van der Waals surface area contributed by atoms with E-state index >= 15 is 0 Å². The third kappa shape index (κ3) is 4.50. The minimum atomic E-state index is 0.347. The fourth-order valence-corrected chi connectivity index (χ4v) is 3.97. The van der Waals surface area contributed by atoms with Crippen LogP contribution in [0, 0.1) is 13.8 Å². The topological polar surface area (TPSA) is 15.3 Å². The van der Waals surface area contributed by atoms with Crippen LogP contribution in [-0.2, 0) is 0 Å². The molecule has 3 rings (SSSR count). The lowest BCUT2D eigenvalue weighted by molar-refractivity contribution is 0.241. The third-order valence-corrected chi connectivity index (χ3v) is 5.22. The zero-order valence-corrected chi connectivity index (χ0v) is 16.2. The number of rotatable bonds is 4. The van der Waals surface area contributed by atoms with E-state index in [1.807, 2.05) is 0 Å². The molecule has 2 heteroatoms. The van der Waals surface area contributed by atoms with Crippen LogP contribution in [0.3, 0.4) is 0 Å². The van der Waals surface area contributed by atoms with Gasteiger partial charge in [0.15, 0.2) is 0 Å². The van der Waals surface area contributed by atoms with Crippen molar-refractivity contribution in [3.8, 4) is 0 Å². The van der Waals surface area contributed by atoms with Gasteiger partial charge < -0.3 is 5.32 Å². The van der Waals surface area contributed by atoms with Gasteiger partial charge >= 0.3 is 0 Å². The van der Waals surface area contributed by atoms with Gasteiger partial charge in [0.05, 0.1) is 6.04 Å². The maximum atomic E-state index is 3.54. The van der Waals surface area contributed by atoms with E-state index in [-0.39, 0.29) is 0 Å². The number of aryl methyl sites for hydroxylation is 2. The van der Waals surface area contributed by atoms with Gasteiger partial charge in [-0.05, 0) is 49.4 Å². The molecular formula is C23H32N2. The van der Waals surface area contributed by atoms with Crippen molar-refractivity contribution in [3.05, 3.63) is 70.3 Å². The molecule has 1 atom stereocenters. The Morgan fingerprint density at radius 3 is 2.08 bits per heavy atom. The largest absolute Gasteiger partial charge is 0.315 e. The predicted molar refractivity (Wildman–Crippen MR) is 107 cm³/mol. The smallest absolute Gasteiger partial charge is 0.0602 e. The fourth-order valence-electron chi connectivity index (χ4n) is 3.97. The maximum Gasteiger partial charge on any atom is 0.0602 e. The van der Waals surface area contributed by atoms with Crippen LogP contribution in [0.2, 0.25) is 0 Å². The van der Waals surface area contributed by atoms with Crippen molar-refractivity contribution in [2.45, 2.75) is 46.1 Å². The quantitative estimate of drug-likeness (QED) is 0.862. The molecular weight excluding hydrogens is 304 g/mol. The van der Waals surface area contributed by atoms with Crippen LogP contribution in [0.5, 0.6) is 0 Å². The first-order valence-corrected chi connectivity index (χ1v) is 9.67. The monoisotopic (exact) mass is 336 g/mol. The van der Waals surface area contributed by atoms with E-state index in [0.717, 1.165) is 26.2 Å². The van der Waals surface area contributed by atoms with Crippen molar-refractivity contribution in [1.29, 1.82) is 0 Å². The molecule has 0 saturated carbocycles. The Bertz CT molecular complexity index is 659. The highest BCUT2D eigenvalue weighted by atomic mass is 15.2. The van der Waals surface area contributed by atoms with E-state index in [9.17, 15) is 0 Å². The van der Waals surface area contributed by atoms with Crippen LogP contribution >= 0.6 is 0 Å². The van der Waals surface area contributed by atoms with Crippen LogP contribution in [0.1, 0.15) is 60.0 Å². The van der Waals surface area contributed by atoms with Gasteiger partial charge in [0, 0.05) is 19.6 Å². The molecule has 25 heavy (non-hydrogen) atoms. The van der Waals surface area contributed by atoms with E-state index in [1.54, 1.807) is 0 Å². The Morgan fingerprint density at radius 2 is 1.44 bits per heavy atom. The van der Waals surface area contributed by atoms with E-state index in [1.165, 1.54) is 34.2 Å². The van der Waals surface area contributed by atoms with Crippen molar-refractivity contribution < 1.29 is 0 Å². The number of nitrogens with one attached hydrogen (secondary N) is 1. The molecule has 1 unspecified atom stereocenters. The van der Waals surface area contributed by atoms with Gasteiger partial charge in [-0.25, -0.2) is 0 Å². The molecule has 1 saturated heterocycles. The van der Waals surface area contributed by atoms with Crippen molar-refractivity contribution in [1.82, 2.24) is 10.2 Å². The van der Waals surface area contributed by atoms with Crippen LogP contribution in [0.25, 0.3) is 0 Å². The molecule has 0 spiro atoms. The highest BCUT2D eigenvalue weighted by Gasteiger charge is 2.23. The zero-order chi connectivity index (χ0) is 17.8. The minimum absolute atomic E-state index is 0.347. The normalized spacial score (nSPS) is 17.5. The van der Waals surface area contributed by atoms with E-state index in [4.69, 9.17) is 0 Å². The molecule has 134 valence electrons. The first kappa shape index (κ1) is 18.2. The lowest BCUT2D eigenvalue weighted by Crippen LogP contribution is -2.33. The standard InChI is InChI=1S/C23H32N2/c1-17(2)20-6-8-21(9-7-20)23(25-12-5-10-24-11-13-25)22-15-18(3)14-19(4)16-22/h6-9,14-17,23-24H,5,10-13H2,1-4H3. The summed E-state index contributed by atoms with van der Waals surface area (Å²) in [5, 5.41) is 3.54. The summed E-state index contributed by atoms with van der Waals surface area (Å²) >= 11 is 0. The molecule has 1 heterocycles. The summed E-state index contributed by atoms with van der Waals surface area (Å²) in [7, 11) is 0. The molecule has 0 bridgehead atoms. The molecule has 0 amide bonds. The molecule has 1 N–H and O–H groups in total. The van der Waals surface area contributed by atoms with Crippen molar-refractivity contribution in [2.24, 2.45) is 0 Å². The number of benzene rings is 2. The lowest BCUT2D eigenvalue weighted by atomic mass is 9.92. The first-order valence-electron chi connectivity index (χ1n) is 9.67. The Hall–Kier alpha value is -1.64. The molecule has 1 fully saturated rings. The zero-order valence-electron chi connectivity index (χ0n) is 16.2. The summed E-state index contributed by atoms with van der Waals surface area (Å²) in [6, 6.07) is 16.7. The molecule has 1 aliphatic rings. The molecule has 0 aromatic heterocycles. The van der Waals surface area contributed by atoms with Crippen LogP contribution in [0.4, 0.5) is 0 Å². The van der Waals surface area contributed by atoms with Crippen LogP contribution in [0.15, 0.2) is 42.5 Å². The van der Waals surface area contributed by atoms with Crippen molar-refractivity contribution >= 4 is 0 Å². The fraction of sp³-hybridized carbons (Fsp3) is 0.478. The Kier molecular flexibility index (Phi) is 5.93. The highest BCUT2D eigenvalue weighted by Crippen LogP contribution is 2.31. The van der Waals surface area contributed by atoms with Gasteiger partial charge in [-0.3, -0.25) is 4.90 Å². The summed E-state index contributed by atoms with van der Waals surface area (Å²) in [4.78, 5) is 2.65.